The Morgan fingerprint density at radius 2 is 2.17 bits per heavy atom. The summed E-state index contributed by atoms with van der Waals surface area (Å²) in [7, 11) is 0. The summed E-state index contributed by atoms with van der Waals surface area (Å²) < 4.78 is 5.44. The third kappa shape index (κ3) is 4.33. The average Bonchev–Trinajstić information content (AvgIpc) is 3.31. The second-order valence-electron chi connectivity index (χ2n) is 6.15. The molecule has 0 aliphatic carbocycles. The molecule has 2 fully saturated rings. The van der Waals surface area contributed by atoms with E-state index < -0.39 is 0 Å². The Kier molecular flexibility index (Phi) is 5.81. The number of nitrogens with one attached hydrogen (secondary N) is 2. The van der Waals surface area contributed by atoms with E-state index in [2.05, 4.69) is 20.6 Å². The van der Waals surface area contributed by atoms with Crippen LogP contribution in [-0.2, 0) is 9.53 Å². The van der Waals surface area contributed by atoms with Gasteiger partial charge in [-0.2, -0.15) is 4.98 Å². The van der Waals surface area contributed by atoms with Crippen molar-refractivity contribution >= 4 is 17.7 Å². The topological polar surface area (TPSA) is 99.6 Å². The van der Waals surface area contributed by atoms with Crippen LogP contribution in [0.5, 0.6) is 0 Å². The van der Waals surface area contributed by atoms with Gasteiger partial charge in [-0.1, -0.05) is 0 Å². The highest BCUT2D eigenvalue weighted by Gasteiger charge is 2.21. The first kappa shape index (κ1) is 16.9. The van der Waals surface area contributed by atoms with E-state index in [4.69, 9.17) is 9.84 Å². The quantitative estimate of drug-likeness (QED) is 0.664. The fourth-order valence-corrected chi connectivity index (χ4v) is 3.02. The van der Waals surface area contributed by atoms with Crippen molar-refractivity contribution in [3.8, 4) is 0 Å². The molecule has 0 spiro atoms. The Bertz CT molecular complexity index is 557. The van der Waals surface area contributed by atoms with Crippen molar-refractivity contribution in [1.82, 2.24) is 14.9 Å². The molecule has 8 heteroatoms. The van der Waals surface area contributed by atoms with Crippen molar-refractivity contribution in [1.29, 1.82) is 0 Å². The largest absolute Gasteiger partial charge is 0.395 e. The molecule has 0 aromatic carbocycles. The molecule has 1 atom stereocenters. The molecule has 3 N–H and O–H groups in total. The summed E-state index contributed by atoms with van der Waals surface area (Å²) in [6.07, 6.45) is 3.10. The number of amides is 1. The molecule has 24 heavy (non-hydrogen) atoms. The van der Waals surface area contributed by atoms with Crippen LogP contribution in [0.2, 0.25) is 0 Å². The lowest BCUT2D eigenvalue weighted by Gasteiger charge is -2.17. The number of rotatable bonds is 7. The van der Waals surface area contributed by atoms with E-state index in [-0.39, 0.29) is 25.0 Å². The Labute approximate surface area is 141 Å². The lowest BCUT2D eigenvalue weighted by molar-refractivity contribution is -0.128. The van der Waals surface area contributed by atoms with Crippen LogP contribution >= 0.6 is 0 Å². The van der Waals surface area contributed by atoms with Gasteiger partial charge < -0.3 is 25.4 Å². The Balaban J connectivity index is 1.67. The summed E-state index contributed by atoms with van der Waals surface area (Å²) in [4.78, 5) is 22.9. The molecule has 8 nitrogen and oxygen atoms in total. The monoisotopic (exact) mass is 335 g/mol. The maximum atomic E-state index is 12.2. The number of hydrogen-bond donors (Lipinski definition) is 3. The highest BCUT2D eigenvalue weighted by Crippen LogP contribution is 2.26. The molecule has 2 aliphatic heterocycles. The van der Waals surface area contributed by atoms with E-state index in [0.29, 0.717) is 24.9 Å². The minimum atomic E-state index is 0.0103. The van der Waals surface area contributed by atoms with Crippen molar-refractivity contribution in [3.05, 3.63) is 11.8 Å². The number of nitrogens with zero attached hydrogens (tertiary/aromatic N) is 3. The van der Waals surface area contributed by atoms with Crippen LogP contribution in [-0.4, -0.2) is 71.9 Å². The fraction of sp³-hybridized carbons (Fsp3) is 0.688. The molecule has 2 aliphatic rings. The third-order valence-electron chi connectivity index (χ3n) is 4.37. The zero-order valence-electron chi connectivity index (χ0n) is 13.8. The molecule has 0 saturated carbocycles. The molecule has 3 heterocycles. The van der Waals surface area contributed by atoms with Crippen molar-refractivity contribution in [2.45, 2.75) is 25.2 Å². The van der Waals surface area contributed by atoms with Gasteiger partial charge in [0.1, 0.15) is 5.82 Å². The van der Waals surface area contributed by atoms with Crippen molar-refractivity contribution in [2.75, 3.05) is 56.6 Å². The number of likely N-dealkylation sites (tertiary alicyclic amines) is 1. The summed E-state index contributed by atoms with van der Waals surface area (Å²) >= 11 is 0. The number of carbonyl (C=O) groups is 1. The standard InChI is InChI=1S/C16H25N5O3/c22-7-4-17-16-19-13(12-3-8-24-11-12)9-14(20-16)18-10-15(23)21-5-1-2-6-21/h9,12,22H,1-8,10-11H2,(H2,17,18,19,20)/t12-/m1/s1. The van der Waals surface area contributed by atoms with Crippen molar-refractivity contribution in [2.24, 2.45) is 0 Å². The molecule has 0 radical (unpaired) electrons. The number of aromatic nitrogens is 2. The maximum Gasteiger partial charge on any atom is 0.241 e. The molecule has 3 rings (SSSR count). The molecule has 1 aromatic heterocycles. The number of carbonyl (C=O) groups excluding carboxylic acids is 1. The summed E-state index contributed by atoms with van der Waals surface area (Å²) in [5, 5.41) is 15.1. The fourth-order valence-electron chi connectivity index (χ4n) is 3.02. The van der Waals surface area contributed by atoms with Gasteiger partial charge in [-0.25, -0.2) is 4.98 Å². The minimum absolute atomic E-state index is 0.0103. The first-order valence-corrected chi connectivity index (χ1v) is 8.59. The Morgan fingerprint density at radius 3 is 2.88 bits per heavy atom. The molecular weight excluding hydrogens is 310 g/mol. The van der Waals surface area contributed by atoms with Gasteiger partial charge in [0.25, 0.3) is 0 Å². The van der Waals surface area contributed by atoms with Crippen LogP contribution in [0.1, 0.15) is 30.9 Å². The van der Waals surface area contributed by atoms with E-state index in [0.717, 1.165) is 44.7 Å². The minimum Gasteiger partial charge on any atom is -0.395 e. The highest BCUT2D eigenvalue weighted by atomic mass is 16.5. The first-order valence-electron chi connectivity index (χ1n) is 8.59. The molecule has 132 valence electrons. The molecule has 2 saturated heterocycles. The second-order valence-corrected chi connectivity index (χ2v) is 6.15. The molecule has 0 bridgehead atoms. The number of ether oxygens (including phenoxy) is 1. The van der Waals surface area contributed by atoms with Crippen LogP contribution in [0.25, 0.3) is 0 Å². The normalized spacial score (nSPS) is 20.4. The number of hydrogen-bond acceptors (Lipinski definition) is 7. The maximum absolute atomic E-state index is 12.2. The van der Waals surface area contributed by atoms with Crippen LogP contribution in [0.3, 0.4) is 0 Å². The molecular formula is C16H25N5O3. The van der Waals surface area contributed by atoms with Gasteiger partial charge in [-0.15, -0.1) is 0 Å². The third-order valence-corrected chi connectivity index (χ3v) is 4.37. The van der Waals surface area contributed by atoms with Crippen LogP contribution < -0.4 is 10.6 Å². The van der Waals surface area contributed by atoms with Gasteiger partial charge in [-0.05, 0) is 19.3 Å². The van der Waals surface area contributed by atoms with Crippen LogP contribution in [0.15, 0.2) is 6.07 Å². The van der Waals surface area contributed by atoms with E-state index >= 15 is 0 Å². The molecule has 1 amide bonds. The predicted molar refractivity (Wildman–Crippen MR) is 90.1 cm³/mol. The molecule has 1 aromatic rings. The SMILES string of the molecule is O=C(CNc1cc([C@@H]2CCOC2)nc(NCCO)n1)N1CCCC1. The first-order chi connectivity index (χ1) is 11.8. The smallest absolute Gasteiger partial charge is 0.241 e. The summed E-state index contributed by atoms with van der Waals surface area (Å²) in [5.41, 5.74) is 0.902. The lowest BCUT2D eigenvalue weighted by Crippen LogP contribution is -2.33. The van der Waals surface area contributed by atoms with Gasteiger partial charge in [0.2, 0.25) is 11.9 Å². The Morgan fingerprint density at radius 1 is 1.33 bits per heavy atom. The number of aliphatic hydroxyl groups is 1. The zero-order valence-corrected chi connectivity index (χ0v) is 13.8. The van der Waals surface area contributed by atoms with E-state index in [1.165, 1.54) is 0 Å². The van der Waals surface area contributed by atoms with Crippen LogP contribution in [0, 0.1) is 0 Å². The lowest BCUT2D eigenvalue weighted by atomic mass is 10.0. The van der Waals surface area contributed by atoms with Crippen molar-refractivity contribution in [3.63, 3.8) is 0 Å². The summed E-state index contributed by atoms with van der Waals surface area (Å²) in [6, 6.07) is 1.89. The van der Waals surface area contributed by atoms with Gasteiger partial charge >= 0.3 is 0 Å². The summed E-state index contributed by atoms with van der Waals surface area (Å²) in [6.45, 7) is 3.72. The van der Waals surface area contributed by atoms with Gasteiger partial charge in [0.15, 0.2) is 0 Å². The van der Waals surface area contributed by atoms with Crippen LogP contribution in [0.4, 0.5) is 11.8 Å². The van der Waals surface area contributed by atoms with E-state index in [9.17, 15) is 4.79 Å². The van der Waals surface area contributed by atoms with Gasteiger partial charge in [0, 0.05) is 38.2 Å². The summed E-state index contributed by atoms with van der Waals surface area (Å²) in [5.74, 6) is 1.43. The second kappa shape index (κ2) is 8.25. The number of aliphatic hydroxyl groups excluding tert-OH is 1. The molecule has 0 unspecified atom stereocenters. The van der Waals surface area contributed by atoms with Gasteiger partial charge in [-0.3, -0.25) is 4.79 Å². The zero-order chi connectivity index (χ0) is 16.8. The van der Waals surface area contributed by atoms with E-state index in [1.807, 2.05) is 11.0 Å². The highest BCUT2D eigenvalue weighted by molar-refractivity contribution is 5.80. The van der Waals surface area contributed by atoms with Gasteiger partial charge in [0.05, 0.1) is 25.5 Å². The number of anilines is 2. The average molecular weight is 335 g/mol. The van der Waals surface area contributed by atoms with E-state index in [1.54, 1.807) is 0 Å². The van der Waals surface area contributed by atoms with Crippen molar-refractivity contribution < 1.29 is 14.6 Å². The Hall–Kier alpha value is -1.93. The predicted octanol–water partition coefficient (Wildman–Crippen LogP) is 0.419.